The van der Waals surface area contributed by atoms with E-state index in [-0.39, 0.29) is 12.3 Å². The molecule has 1 aromatic carbocycles. The van der Waals surface area contributed by atoms with Crippen LogP contribution in [-0.4, -0.2) is 6.09 Å². The van der Waals surface area contributed by atoms with Gasteiger partial charge >= 0.3 is 6.09 Å². The summed E-state index contributed by atoms with van der Waals surface area (Å²) < 4.78 is 17.6. The predicted octanol–water partition coefficient (Wildman–Crippen LogP) is 1.89. The van der Waals surface area contributed by atoms with Crippen LogP contribution in [0.2, 0.25) is 0 Å². The highest BCUT2D eigenvalue weighted by molar-refractivity contribution is 5.87. The quantitative estimate of drug-likeness (QED) is 0.640. The number of halogens is 1. The Morgan fingerprint density at radius 3 is 3.17 bits per heavy atom. The molecule has 0 atom stereocenters. The lowest BCUT2D eigenvalue weighted by atomic mass is 10.1. The average molecular weight is 167 g/mol. The summed E-state index contributed by atoms with van der Waals surface area (Å²) in [6.45, 7) is 0.138. The summed E-state index contributed by atoms with van der Waals surface area (Å²) in [7, 11) is 0. The number of hydrogen-bond acceptors (Lipinski definition) is 2. The molecular weight excluding hydrogens is 161 g/mol. The lowest BCUT2D eigenvalue weighted by molar-refractivity contribution is 0.151. The van der Waals surface area contributed by atoms with Gasteiger partial charge in [0.2, 0.25) is 0 Å². The van der Waals surface area contributed by atoms with Gasteiger partial charge in [-0.05, 0) is 6.07 Å². The number of carbonyl (C=O) groups excluding carboxylic acids is 1. The number of ether oxygens (including phenoxy) is 1. The van der Waals surface area contributed by atoms with Gasteiger partial charge in [0.15, 0.2) is 0 Å². The Morgan fingerprint density at radius 1 is 1.50 bits per heavy atom. The van der Waals surface area contributed by atoms with Crippen molar-refractivity contribution in [1.29, 1.82) is 0 Å². The van der Waals surface area contributed by atoms with Crippen molar-refractivity contribution < 1.29 is 13.9 Å². The Hall–Kier alpha value is -1.58. The van der Waals surface area contributed by atoms with Gasteiger partial charge < -0.3 is 4.74 Å². The van der Waals surface area contributed by atoms with Crippen molar-refractivity contribution in [1.82, 2.24) is 0 Å². The fraction of sp³-hybridized carbons (Fsp3) is 0.125. The van der Waals surface area contributed by atoms with Gasteiger partial charge in [0.05, 0.1) is 5.69 Å². The summed E-state index contributed by atoms with van der Waals surface area (Å²) in [6.07, 6.45) is -0.604. The number of anilines is 1. The lowest BCUT2D eigenvalue weighted by Crippen LogP contribution is -2.21. The first kappa shape index (κ1) is 7.09. The van der Waals surface area contributed by atoms with Crippen molar-refractivity contribution in [3.63, 3.8) is 0 Å². The molecule has 0 saturated heterocycles. The Balaban J connectivity index is 2.50. The zero-order chi connectivity index (χ0) is 8.55. The Bertz CT molecular complexity index is 338. The highest BCUT2D eigenvalue weighted by Gasteiger charge is 2.17. The van der Waals surface area contributed by atoms with Crippen LogP contribution >= 0.6 is 0 Å². The van der Waals surface area contributed by atoms with Gasteiger partial charge in [-0.15, -0.1) is 0 Å². The molecule has 0 saturated carbocycles. The molecule has 3 nitrogen and oxygen atoms in total. The minimum Gasteiger partial charge on any atom is -0.444 e. The van der Waals surface area contributed by atoms with E-state index in [1.54, 1.807) is 12.1 Å². The van der Waals surface area contributed by atoms with Gasteiger partial charge in [0.25, 0.3) is 0 Å². The van der Waals surface area contributed by atoms with Crippen LogP contribution in [-0.2, 0) is 11.3 Å². The summed E-state index contributed by atoms with van der Waals surface area (Å²) in [4.78, 5) is 10.7. The molecule has 0 unspecified atom stereocenters. The third-order valence-electron chi connectivity index (χ3n) is 1.69. The number of rotatable bonds is 0. The Kier molecular flexibility index (Phi) is 1.46. The summed E-state index contributed by atoms with van der Waals surface area (Å²) in [6, 6.07) is 4.58. The normalized spacial score (nSPS) is 14.6. The first-order chi connectivity index (χ1) is 5.77. The number of benzene rings is 1. The molecule has 1 aliphatic rings. The van der Waals surface area contributed by atoms with E-state index in [9.17, 15) is 9.18 Å². The van der Waals surface area contributed by atoms with E-state index >= 15 is 0 Å². The van der Waals surface area contributed by atoms with Gasteiger partial charge in [-0.1, -0.05) is 12.1 Å². The maximum atomic E-state index is 13.0. The summed E-state index contributed by atoms with van der Waals surface area (Å²) >= 11 is 0. The number of hydrogen-bond donors (Lipinski definition) is 1. The lowest BCUT2D eigenvalue weighted by Gasteiger charge is -2.17. The highest BCUT2D eigenvalue weighted by atomic mass is 19.1. The minimum absolute atomic E-state index is 0.138. The van der Waals surface area contributed by atoms with Crippen molar-refractivity contribution in [2.45, 2.75) is 6.61 Å². The van der Waals surface area contributed by atoms with E-state index < -0.39 is 11.9 Å². The Morgan fingerprint density at radius 2 is 2.33 bits per heavy atom. The van der Waals surface area contributed by atoms with E-state index in [0.717, 1.165) is 0 Å². The third-order valence-corrected chi connectivity index (χ3v) is 1.69. The molecule has 0 spiro atoms. The zero-order valence-electron chi connectivity index (χ0n) is 6.13. The fourth-order valence-electron chi connectivity index (χ4n) is 1.11. The first-order valence-electron chi connectivity index (χ1n) is 3.48. The van der Waals surface area contributed by atoms with Gasteiger partial charge in [-0.2, -0.15) is 0 Å². The van der Waals surface area contributed by atoms with Crippen LogP contribution in [0.25, 0.3) is 0 Å². The van der Waals surface area contributed by atoms with Crippen LogP contribution in [0.5, 0.6) is 0 Å². The van der Waals surface area contributed by atoms with E-state index in [4.69, 9.17) is 0 Å². The zero-order valence-corrected chi connectivity index (χ0v) is 6.13. The fourth-order valence-corrected chi connectivity index (χ4v) is 1.11. The first-order valence-corrected chi connectivity index (χ1v) is 3.48. The molecule has 0 aliphatic carbocycles. The van der Waals surface area contributed by atoms with Crippen LogP contribution in [0.3, 0.4) is 0 Å². The number of fused-ring (bicyclic) bond motifs is 1. The van der Waals surface area contributed by atoms with Gasteiger partial charge in [-0.25, -0.2) is 9.18 Å². The number of amides is 1. The maximum Gasteiger partial charge on any atom is 0.412 e. The molecule has 1 aromatic rings. The molecule has 1 aliphatic heterocycles. The molecule has 62 valence electrons. The molecule has 0 fully saturated rings. The van der Waals surface area contributed by atoms with Crippen LogP contribution in [0.1, 0.15) is 5.56 Å². The van der Waals surface area contributed by atoms with Crippen LogP contribution in [0.4, 0.5) is 14.9 Å². The maximum absolute atomic E-state index is 13.0. The summed E-state index contributed by atoms with van der Waals surface area (Å²) in [5.74, 6) is -0.427. The second-order valence-electron chi connectivity index (χ2n) is 2.48. The van der Waals surface area contributed by atoms with E-state index in [1.807, 2.05) is 0 Å². The molecule has 4 heteroatoms. The molecule has 2 rings (SSSR count). The van der Waals surface area contributed by atoms with Crippen LogP contribution in [0.15, 0.2) is 18.2 Å². The SMILES string of the molecule is O=C1Nc2c(F)cccc2CO1. The predicted molar refractivity (Wildman–Crippen MR) is 40.2 cm³/mol. The van der Waals surface area contributed by atoms with Crippen LogP contribution in [0, 0.1) is 5.82 Å². The van der Waals surface area contributed by atoms with Crippen molar-refractivity contribution in [3.8, 4) is 0 Å². The number of cyclic esters (lactones) is 1. The highest BCUT2D eigenvalue weighted by Crippen LogP contribution is 2.23. The molecule has 1 amide bonds. The monoisotopic (exact) mass is 167 g/mol. The number of para-hydroxylation sites is 1. The molecule has 0 aromatic heterocycles. The molecule has 1 N–H and O–H groups in total. The average Bonchev–Trinajstić information content (AvgIpc) is 2.07. The molecule has 0 radical (unpaired) electrons. The molecular formula is C8H6FNO2. The van der Waals surface area contributed by atoms with E-state index in [2.05, 4.69) is 10.1 Å². The van der Waals surface area contributed by atoms with E-state index in [1.165, 1.54) is 6.07 Å². The molecule has 0 bridgehead atoms. The van der Waals surface area contributed by atoms with Crippen molar-refractivity contribution >= 4 is 11.8 Å². The topological polar surface area (TPSA) is 38.3 Å². The summed E-state index contributed by atoms with van der Waals surface area (Å²) in [5, 5.41) is 2.29. The smallest absolute Gasteiger partial charge is 0.412 e. The largest absolute Gasteiger partial charge is 0.444 e. The standard InChI is InChI=1S/C8H6FNO2/c9-6-3-1-2-5-4-12-8(11)10-7(5)6/h1-3H,4H2,(H,10,11). The van der Waals surface area contributed by atoms with Gasteiger partial charge in [0, 0.05) is 5.56 Å². The van der Waals surface area contributed by atoms with Gasteiger partial charge in [0.1, 0.15) is 12.4 Å². The molecule has 12 heavy (non-hydrogen) atoms. The van der Waals surface area contributed by atoms with Crippen molar-refractivity contribution in [2.24, 2.45) is 0 Å². The number of carbonyl (C=O) groups is 1. The number of nitrogens with one attached hydrogen (secondary N) is 1. The van der Waals surface area contributed by atoms with Gasteiger partial charge in [-0.3, -0.25) is 5.32 Å². The van der Waals surface area contributed by atoms with Crippen molar-refractivity contribution in [3.05, 3.63) is 29.6 Å². The second-order valence-corrected chi connectivity index (χ2v) is 2.48. The third kappa shape index (κ3) is 1.01. The second kappa shape index (κ2) is 2.48. The Labute approximate surface area is 68.1 Å². The van der Waals surface area contributed by atoms with E-state index in [0.29, 0.717) is 5.56 Å². The minimum atomic E-state index is -0.604. The molecule has 1 heterocycles. The summed E-state index contributed by atoms with van der Waals surface area (Å²) in [5.41, 5.74) is 0.892. The van der Waals surface area contributed by atoms with Crippen molar-refractivity contribution in [2.75, 3.05) is 5.32 Å². The van der Waals surface area contributed by atoms with Crippen LogP contribution < -0.4 is 5.32 Å².